The van der Waals surface area contributed by atoms with Gasteiger partial charge in [0.15, 0.2) is 0 Å². The maximum atomic E-state index is 9.93. The van der Waals surface area contributed by atoms with Crippen LogP contribution < -0.4 is 19.7 Å². The number of methoxy groups -OCH3 is 2. The number of nitrogens with zero attached hydrogens (tertiary/aromatic N) is 1. The van der Waals surface area contributed by atoms with E-state index < -0.39 is 0 Å². The van der Waals surface area contributed by atoms with E-state index in [2.05, 4.69) is 67.9 Å². The first-order chi connectivity index (χ1) is 16.8. The maximum Gasteiger partial charge on any atom is 0.142 e. The second kappa shape index (κ2) is 10.2. The molecule has 2 heterocycles. The third kappa shape index (κ3) is 4.80. The molecule has 2 aliphatic heterocycles. The molecule has 0 saturated carbocycles. The summed E-state index contributed by atoms with van der Waals surface area (Å²) in [6.07, 6.45) is 3.47. The highest BCUT2D eigenvalue weighted by Gasteiger charge is 2.37. The number of ether oxygens (including phenoxy) is 2. The zero-order valence-corrected chi connectivity index (χ0v) is 21.9. The van der Waals surface area contributed by atoms with Crippen LogP contribution in [-0.2, 0) is 6.54 Å². The molecule has 0 spiro atoms. The van der Waals surface area contributed by atoms with Crippen molar-refractivity contribution in [3.05, 3.63) is 71.8 Å². The summed E-state index contributed by atoms with van der Waals surface area (Å²) in [6.45, 7) is 7.18. The zero-order chi connectivity index (χ0) is 25.2. The molecule has 6 heteroatoms. The average molecular weight is 491 g/mol. The number of thiol groups is 1. The topological polar surface area (TPSA) is 54.0 Å². The molecule has 0 aliphatic carbocycles. The van der Waals surface area contributed by atoms with Crippen molar-refractivity contribution in [3.8, 4) is 28.4 Å². The molecule has 0 unspecified atom stereocenters. The Bertz CT molecular complexity index is 1250. The zero-order valence-electron chi connectivity index (χ0n) is 21.1. The lowest BCUT2D eigenvalue weighted by atomic mass is 9.89. The second-order valence-electron chi connectivity index (χ2n) is 9.26. The predicted octanol–water partition coefficient (Wildman–Crippen LogP) is 6.97. The normalized spacial score (nSPS) is 14.8. The fourth-order valence-electron chi connectivity index (χ4n) is 4.68. The average Bonchev–Trinajstić information content (AvgIpc) is 3.23. The third-order valence-corrected chi connectivity index (χ3v) is 6.65. The number of benzene rings is 3. The molecule has 0 bridgehead atoms. The van der Waals surface area contributed by atoms with Gasteiger partial charge in [-0.1, -0.05) is 25.1 Å². The van der Waals surface area contributed by atoms with Crippen LogP contribution in [-0.4, -0.2) is 30.6 Å². The molecular formula is C29H34N2O3S. The molecule has 35 heavy (non-hydrogen) atoms. The van der Waals surface area contributed by atoms with Crippen molar-refractivity contribution in [2.45, 2.75) is 39.3 Å². The molecule has 2 N–H and O–H groups in total. The van der Waals surface area contributed by atoms with Gasteiger partial charge in [-0.3, -0.25) is 0 Å². The van der Waals surface area contributed by atoms with Gasteiger partial charge < -0.3 is 24.8 Å². The van der Waals surface area contributed by atoms with Crippen LogP contribution in [0, 0.1) is 0 Å². The minimum Gasteiger partial charge on any atom is -0.508 e. The number of hydrogen-bond donors (Lipinski definition) is 3. The number of phenolic OH excluding ortho intramolecular Hbond substituents is 1. The molecule has 3 aromatic carbocycles. The van der Waals surface area contributed by atoms with Crippen molar-refractivity contribution >= 4 is 29.7 Å². The van der Waals surface area contributed by atoms with E-state index in [-0.39, 0.29) is 11.3 Å². The number of aromatic hydroxyl groups is 1. The lowest BCUT2D eigenvalue weighted by Gasteiger charge is -2.33. The Labute approximate surface area is 213 Å². The van der Waals surface area contributed by atoms with Gasteiger partial charge in [0.2, 0.25) is 0 Å². The highest BCUT2D eigenvalue weighted by Crippen LogP contribution is 2.51. The summed E-state index contributed by atoms with van der Waals surface area (Å²) in [6, 6.07) is 17.7. The van der Waals surface area contributed by atoms with E-state index in [1.54, 1.807) is 26.4 Å². The molecule has 0 saturated heterocycles. The van der Waals surface area contributed by atoms with Crippen LogP contribution in [0.5, 0.6) is 17.2 Å². The summed E-state index contributed by atoms with van der Waals surface area (Å²) >= 11 is 3.92. The van der Waals surface area contributed by atoms with Gasteiger partial charge in [0.05, 0.1) is 25.4 Å². The van der Waals surface area contributed by atoms with Gasteiger partial charge in [-0.15, -0.1) is 0 Å². The van der Waals surface area contributed by atoms with Gasteiger partial charge in [0, 0.05) is 35.1 Å². The van der Waals surface area contributed by atoms with Gasteiger partial charge in [0.25, 0.3) is 0 Å². The van der Waals surface area contributed by atoms with E-state index in [9.17, 15) is 5.11 Å². The second-order valence-corrected chi connectivity index (χ2v) is 9.70. The summed E-state index contributed by atoms with van der Waals surface area (Å²) < 4.78 is 11.3. The van der Waals surface area contributed by atoms with Gasteiger partial charge in [-0.25, -0.2) is 0 Å². The molecule has 5 rings (SSSR count). The Hall–Kier alpha value is -3.25. The highest BCUT2D eigenvalue weighted by molar-refractivity contribution is 7.80. The lowest BCUT2D eigenvalue weighted by molar-refractivity contribution is 0.409. The standard InChI is InChI=1S/C26H26N2O3.C3H8S/c1-26(2)14-22-25-19(15-28(22)21-7-5-6-8-23(21)30-3)17(11-12-20(25)27-26)18-10-9-16(29)13-24(18)31-4;1-2-3-4/h5-14,27,29H,15H2,1-4H3;4H,2-3H2,1H3. The van der Waals surface area contributed by atoms with E-state index in [0.29, 0.717) is 12.3 Å². The van der Waals surface area contributed by atoms with Crippen LogP contribution in [0.25, 0.3) is 16.8 Å². The minimum absolute atomic E-state index is 0.179. The van der Waals surface area contributed by atoms with E-state index in [1.807, 2.05) is 24.3 Å². The van der Waals surface area contributed by atoms with Crippen molar-refractivity contribution in [1.29, 1.82) is 0 Å². The van der Waals surface area contributed by atoms with Gasteiger partial charge in [-0.2, -0.15) is 12.6 Å². The summed E-state index contributed by atoms with van der Waals surface area (Å²) in [5.41, 5.74) is 7.65. The maximum absolute atomic E-state index is 9.93. The van der Waals surface area contributed by atoms with E-state index >= 15 is 0 Å². The van der Waals surface area contributed by atoms with Crippen LogP contribution in [0.3, 0.4) is 0 Å². The molecular weight excluding hydrogens is 456 g/mol. The van der Waals surface area contributed by atoms with Crippen LogP contribution in [0.1, 0.15) is 38.3 Å². The number of anilines is 2. The Morgan fingerprint density at radius 3 is 2.37 bits per heavy atom. The SMILES string of the molecule is CCCS.COc1cc(O)ccc1-c1ccc2c3c1CN(c1ccccc1OC)C3=CC(C)(C)N2. The molecule has 0 radical (unpaired) electrons. The van der Waals surface area contributed by atoms with E-state index in [0.717, 1.165) is 34.0 Å². The largest absolute Gasteiger partial charge is 0.508 e. The first kappa shape index (κ1) is 24.9. The first-order valence-electron chi connectivity index (χ1n) is 11.9. The molecule has 0 amide bonds. The third-order valence-electron chi connectivity index (χ3n) is 6.21. The quantitative estimate of drug-likeness (QED) is 0.337. The van der Waals surface area contributed by atoms with Crippen molar-refractivity contribution in [2.75, 3.05) is 30.2 Å². The van der Waals surface area contributed by atoms with Crippen molar-refractivity contribution in [1.82, 2.24) is 0 Å². The first-order valence-corrected chi connectivity index (χ1v) is 12.5. The predicted molar refractivity (Wildman–Crippen MR) is 149 cm³/mol. The molecule has 0 aromatic heterocycles. The number of para-hydroxylation sites is 2. The van der Waals surface area contributed by atoms with E-state index in [1.165, 1.54) is 23.2 Å². The Morgan fingerprint density at radius 1 is 1.00 bits per heavy atom. The summed E-state index contributed by atoms with van der Waals surface area (Å²) in [5, 5.41) is 13.6. The smallest absolute Gasteiger partial charge is 0.142 e. The number of hydrogen-bond acceptors (Lipinski definition) is 6. The molecule has 0 atom stereocenters. The van der Waals surface area contributed by atoms with E-state index in [4.69, 9.17) is 9.47 Å². The number of rotatable bonds is 5. The Kier molecular flexibility index (Phi) is 7.22. The lowest BCUT2D eigenvalue weighted by Crippen LogP contribution is -2.33. The molecule has 2 aliphatic rings. The van der Waals surface area contributed by atoms with Crippen LogP contribution in [0.2, 0.25) is 0 Å². The fourth-order valence-corrected chi connectivity index (χ4v) is 4.68. The summed E-state index contributed by atoms with van der Waals surface area (Å²) in [4.78, 5) is 2.33. The molecule has 0 fully saturated rings. The molecule has 5 nitrogen and oxygen atoms in total. The van der Waals surface area contributed by atoms with Crippen LogP contribution in [0.15, 0.2) is 60.7 Å². The van der Waals surface area contributed by atoms with Gasteiger partial charge in [0.1, 0.15) is 17.2 Å². The molecule has 184 valence electrons. The Balaban J connectivity index is 0.000000672. The van der Waals surface area contributed by atoms with Crippen molar-refractivity contribution in [2.24, 2.45) is 0 Å². The number of nitrogens with one attached hydrogen (secondary N) is 1. The molecule has 3 aromatic rings. The fraction of sp³-hybridized carbons (Fsp3) is 0.310. The van der Waals surface area contributed by atoms with Crippen molar-refractivity contribution < 1.29 is 14.6 Å². The van der Waals surface area contributed by atoms with Gasteiger partial charge >= 0.3 is 0 Å². The summed E-state index contributed by atoms with van der Waals surface area (Å²) in [5.74, 6) is 2.70. The summed E-state index contributed by atoms with van der Waals surface area (Å²) in [7, 11) is 3.34. The van der Waals surface area contributed by atoms with Crippen LogP contribution in [0.4, 0.5) is 11.4 Å². The van der Waals surface area contributed by atoms with Crippen molar-refractivity contribution in [3.63, 3.8) is 0 Å². The monoisotopic (exact) mass is 490 g/mol. The Morgan fingerprint density at radius 2 is 1.69 bits per heavy atom. The van der Waals surface area contributed by atoms with Gasteiger partial charge in [-0.05, 0) is 73.6 Å². The minimum atomic E-state index is -0.179. The highest BCUT2D eigenvalue weighted by atomic mass is 32.1. The number of phenols is 1. The van der Waals surface area contributed by atoms with Crippen LogP contribution >= 0.6 is 12.6 Å².